The number of carbonyl (C=O) groups excluding carboxylic acids is 2. The Bertz CT molecular complexity index is 545. The number of hydrogen-bond acceptors (Lipinski definition) is 4. The largest absolute Gasteiger partial charge is 0.383 e. The van der Waals surface area contributed by atoms with Crippen LogP contribution in [0, 0.1) is 0 Å². The zero-order valence-corrected chi connectivity index (χ0v) is 14.0. The topological polar surface area (TPSA) is 61.9 Å². The van der Waals surface area contributed by atoms with Gasteiger partial charge in [-0.3, -0.25) is 9.59 Å². The van der Waals surface area contributed by atoms with Crippen LogP contribution in [0.1, 0.15) is 10.4 Å². The molecule has 1 saturated heterocycles. The van der Waals surface area contributed by atoms with Gasteiger partial charge in [0.15, 0.2) is 0 Å². The highest BCUT2D eigenvalue weighted by atomic mass is 35.5. The zero-order valence-electron chi connectivity index (χ0n) is 13.3. The first-order valence-electron chi connectivity index (χ1n) is 7.64. The molecule has 0 saturated carbocycles. The van der Waals surface area contributed by atoms with Crippen LogP contribution in [0.15, 0.2) is 24.3 Å². The second-order valence-electron chi connectivity index (χ2n) is 5.35. The third-order valence-electron chi connectivity index (χ3n) is 3.75. The first-order valence-corrected chi connectivity index (χ1v) is 8.02. The van der Waals surface area contributed by atoms with Gasteiger partial charge in [0.05, 0.1) is 13.2 Å². The number of rotatable bonds is 6. The van der Waals surface area contributed by atoms with Crippen LogP contribution in [0.25, 0.3) is 0 Å². The summed E-state index contributed by atoms with van der Waals surface area (Å²) in [7, 11) is 1.62. The number of hydrogen-bond donors (Lipinski definition) is 1. The Morgan fingerprint density at radius 3 is 2.57 bits per heavy atom. The van der Waals surface area contributed by atoms with Crippen LogP contribution in [0.5, 0.6) is 0 Å². The highest BCUT2D eigenvalue weighted by Crippen LogP contribution is 2.14. The lowest BCUT2D eigenvalue weighted by Crippen LogP contribution is -2.52. The molecule has 0 atom stereocenters. The van der Waals surface area contributed by atoms with Crippen molar-refractivity contribution in [3.8, 4) is 0 Å². The molecule has 1 N–H and O–H groups in total. The third-order valence-corrected chi connectivity index (χ3v) is 3.99. The summed E-state index contributed by atoms with van der Waals surface area (Å²) in [5.41, 5.74) is 0.582. The number of halogens is 1. The predicted molar refractivity (Wildman–Crippen MR) is 88.7 cm³/mol. The van der Waals surface area contributed by atoms with Crippen molar-refractivity contribution < 1.29 is 14.3 Å². The van der Waals surface area contributed by atoms with Gasteiger partial charge in [0.2, 0.25) is 5.91 Å². The maximum atomic E-state index is 12.4. The molecule has 0 radical (unpaired) electrons. The Morgan fingerprint density at radius 2 is 1.91 bits per heavy atom. The number of carbonyl (C=O) groups is 2. The average Bonchev–Trinajstić information content (AvgIpc) is 2.58. The van der Waals surface area contributed by atoms with Gasteiger partial charge in [-0.15, -0.1) is 0 Å². The lowest BCUT2D eigenvalue weighted by atomic mass is 10.2. The molecule has 0 unspecified atom stereocenters. The average molecular weight is 340 g/mol. The van der Waals surface area contributed by atoms with E-state index in [0.717, 1.165) is 0 Å². The summed E-state index contributed by atoms with van der Waals surface area (Å²) in [6, 6.07) is 6.93. The third kappa shape index (κ3) is 5.20. The summed E-state index contributed by atoms with van der Waals surface area (Å²) in [5.74, 6) is 0.00813. The number of amides is 2. The van der Waals surface area contributed by atoms with Crippen molar-refractivity contribution in [2.45, 2.75) is 0 Å². The molecule has 1 aromatic rings. The highest BCUT2D eigenvalue weighted by molar-refractivity contribution is 6.30. The van der Waals surface area contributed by atoms with Gasteiger partial charge >= 0.3 is 0 Å². The van der Waals surface area contributed by atoms with E-state index in [1.165, 1.54) is 0 Å². The molecule has 0 spiro atoms. The molecule has 1 heterocycles. The molecule has 1 fully saturated rings. The first kappa shape index (κ1) is 17.7. The van der Waals surface area contributed by atoms with E-state index in [-0.39, 0.29) is 11.8 Å². The number of nitrogens with zero attached hydrogens (tertiary/aromatic N) is 2. The van der Waals surface area contributed by atoms with Crippen LogP contribution in [-0.4, -0.2) is 74.6 Å². The number of benzene rings is 1. The predicted octanol–water partition coefficient (Wildman–Crippen LogP) is 0.860. The van der Waals surface area contributed by atoms with Crippen LogP contribution in [-0.2, 0) is 9.53 Å². The van der Waals surface area contributed by atoms with Crippen LogP contribution < -0.4 is 5.32 Å². The highest BCUT2D eigenvalue weighted by Gasteiger charge is 2.24. The molecule has 0 aliphatic carbocycles. The van der Waals surface area contributed by atoms with Gasteiger partial charge in [-0.1, -0.05) is 17.7 Å². The molecule has 126 valence electrons. The lowest BCUT2D eigenvalue weighted by Gasteiger charge is -2.35. The Balaban J connectivity index is 1.79. The van der Waals surface area contributed by atoms with E-state index in [4.69, 9.17) is 16.3 Å². The Kier molecular flexibility index (Phi) is 6.83. The second kappa shape index (κ2) is 8.86. The fourth-order valence-electron chi connectivity index (χ4n) is 2.44. The molecule has 1 aromatic carbocycles. The minimum atomic E-state index is -0.0437. The molecule has 1 aliphatic heterocycles. The summed E-state index contributed by atoms with van der Waals surface area (Å²) in [4.78, 5) is 28.0. The van der Waals surface area contributed by atoms with Crippen molar-refractivity contribution in [3.63, 3.8) is 0 Å². The normalized spacial score (nSPS) is 14.9. The van der Waals surface area contributed by atoms with Gasteiger partial charge in [0.1, 0.15) is 0 Å². The second-order valence-corrected chi connectivity index (χ2v) is 5.79. The fourth-order valence-corrected chi connectivity index (χ4v) is 2.63. The molecular formula is C16H22ClN3O3. The molecule has 6 nitrogen and oxygen atoms in total. The first-order chi connectivity index (χ1) is 11.1. The SMILES string of the molecule is COCCNCC(=O)N1CCN(C(=O)c2cccc(Cl)c2)CC1. The number of nitrogens with one attached hydrogen (secondary N) is 1. The molecule has 0 aromatic heterocycles. The zero-order chi connectivity index (χ0) is 16.7. The van der Waals surface area contributed by atoms with E-state index in [0.29, 0.717) is 56.5 Å². The van der Waals surface area contributed by atoms with Gasteiger partial charge in [-0.2, -0.15) is 0 Å². The Morgan fingerprint density at radius 1 is 1.22 bits per heavy atom. The standard InChI is InChI=1S/C16H22ClN3O3/c1-23-10-5-18-12-15(21)19-6-8-20(9-7-19)16(22)13-3-2-4-14(17)11-13/h2-4,11,18H,5-10,12H2,1H3. The van der Waals surface area contributed by atoms with Crippen molar-refractivity contribution in [2.75, 3.05) is 53.0 Å². The summed E-state index contributed by atoms with van der Waals surface area (Å²) in [6.07, 6.45) is 0. The maximum Gasteiger partial charge on any atom is 0.254 e. The summed E-state index contributed by atoms with van der Waals surface area (Å²) < 4.78 is 4.92. The van der Waals surface area contributed by atoms with Crippen LogP contribution in [0.3, 0.4) is 0 Å². The van der Waals surface area contributed by atoms with Gasteiger partial charge in [-0.25, -0.2) is 0 Å². The van der Waals surface area contributed by atoms with E-state index in [1.54, 1.807) is 41.2 Å². The summed E-state index contributed by atoms with van der Waals surface area (Å²) in [5, 5.41) is 3.59. The van der Waals surface area contributed by atoms with E-state index >= 15 is 0 Å². The molecule has 0 bridgehead atoms. The van der Waals surface area contributed by atoms with Gasteiger partial charge < -0.3 is 19.9 Å². The fraction of sp³-hybridized carbons (Fsp3) is 0.500. The number of piperazine rings is 1. The van der Waals surface area contributed by atoms with Crippen molar-refractivity contribution in [1.29, 1.82) is 0 Å². The molecule has 23 heavy (non-hydrogen) atoms. The van der Waals surface area contributed by atoms with Crippen molar-refractivity contribution in [2.24, 2.45) is 0 Å². The van der Waals surface area contributed by atoms with Crippen molar-refractivity contribution >= 4 is 23.4 Å². The minimum Gasteiger partial charge on any atom is -0.383 e. The van der Waals surface area contributed by atoms with E-state index in [2.05, 4.69) is 5.32 Å². The maximum absolute atomic E-state index is 12.4. The van der Waals surface area contributed by atoms with Crippen LogP contribution in [0.2, 0.25) is 5.02 Å². The quantitative estimate of drug-likeness (QED) is 0.781. The van der Waals surface area contributed by atoms with E-state index in [1.807, 2.05) is 0 Å². The van der Waals surface area contributed by atoms with Crippen LogP contribution >= 0.6 is 11.6 Å². The van der Waals surface area contributed by atoms with Gasteiger partial charge in [-0.05, 0) is 18.2 Å². The van der Waals surface area contributed by atoms with Crippen molar-refractivity contribution in [3.05, 3.63) is 34.9 Å². The minimum absolute atomic E-state index is 0.0437. The smallest absolute Gasteiger partial charge is 0.254 e. The molecule has 1 aliphatic rings. The lowest BCUT2D eigenvalue weighted by molar-refractivity contribution is -0.131. The van der Waals surface area contributed by atoms with Gasteiger partial charge in [0.25, 0.3) is 5.91 Å². The molecule has 2 rings (SSSR count). The molecule has 7 heteroatoms. The summed E-state index contributed by atoms with van der Waals surface area (Å²) in [6.45, 7) is 3.70. The molecule has 2 amide bonds. The number of ether oxygens (including phenoxy) is 1. The Hall–Kier alpha value is -1.63. The van der Waals surface area contributed by atoms with Crippen molar-refractivity contribution in [1.82, 2.24) is 15.1 Å². The number of methoxy groups -OCH3 is 1. The van der Waals surface area contributed by atoms with E-state index < -0.39 is 0 Å². The Labute approximate surface area is 141 Å². The van der Waals surface area contributed by atoms with Gasteiger partial charge in [0, 0.05) is 50.4 Å². The summed E-state index contributed by atoms with van der Waals surface area (Å²) >= 11 is 5.92. The monoisotopic (exact) mass is 339 g/mol. The molecular weight excluding hydrogens is 318 g/mol. The van der Waals surface area contributed by atoms with Crippen LogP contribution in [0.4, 0.5) is 0 Å². The van der Waals surface area contributed by atoms with E-state index in [9.17, 15) is 9.59 Å².